The molecule has 1 aliphatic heterocycles. The number of anilines is 2. The lowest BCUT2D eigenvalue weighted by molar-refractivity contribution is 0.774. The van der Waals surface area contributed by atoms with Crippen molar-refractivity contribution in [1.82, 2.24) is 4.98 Å². The smallest absolute Gasteiger partial charge is 0.118 e. The van der Waals surface area contributed by atoms with Crippen molar-refractivity contribution >= 4 is 34.2 Å². The standard InChI is InChI=1S/C17H21N3S/c1-20(2)14-9-6-13(7-10-14)8-11-16-19-15-5-3-4-12-18-17(15)21-16/h6-11,18H,3-5,12H2,1-2H3. The van der Waals surface area contributed by atoms with Crippen molar-refractivity contribution in [3.05, 3.63) is 40.5 Å². The Balaban J connectivity index is 1.73. The number of aryl methyl sites for hydroxylation is 1. The van der Waals surface area contributed by atoms with E-state index in [1.165, 1.54) is 34.8 Å². The van der Waals surface area contributed by atoms with Gasteiger partial charge in [-0.05, 0) is 43.0 Å². The van der Waals surface area contributed by atoms with E-state index < -0.39 is 0 Å². The van der Waals surface area contributed by atoms with Gasteiger partial charge in [0.15, 0.2) is 0 Å². The molecule has 0 radical (unpaired) electrons. The molecule has 0 saturated carbocycles. The van der Waals surface area contributed by atoms with E-state index in [2.05, 4.69) is 60.7 Å². The van der Waals surface area contributed by atoms with Crippen LogP contribution in [-0.2, 0) is 6.42 Å². The predicted octanol–water partition coefficient (Wildman–Crippen LogP) is 4.13. The number of hydrogen-bond donors (Lipinski definition) is 1. The van der Waals surface area contributed by atoms with Gasteiger partial charge in [0.2, 0.25) is 0 Å². The van der Waals surface area contributed by atoms with Gasteiger partial charge in [-0.3, -0.25) is 0 Å². The Kier molecular flexibility index (Phi) is 4.25. The van der Waals surface area contributed by atoms with Crippen LogP contribution in [0.3, 0.4) is 0 Å². The van der Waals surface area contributed by atoms with Crippen molar-refractivity contribution < 1.29 is 0 Å². The summed E-state index contributed by atoms with van der Waals surface area (Å²) in [6.07, 6.45) is 7.83. The van der Waals surface area contributed by atoms with E-state index in [0.717, 1.165) is 18.0 Å². The monoisotopic (exact) mass is 299 g/mol. The molecule has 0 fully saturated rings. The number of fused-ring (bicyclic) bond motifs is 1. The van der Waals surface area contributed by atoms with E-state index in [9.17, 15) is 0 Å². The topological polar surface area (TPSA) is 28.2 Å². The number of hydrogen-bond acceptors (Lipinski definition) is 4. The number of aromatic nitrogens is 1. The summed E-state index contributed by atoms with van der Waals surface area (Å²) < 4.78 is 0. The molecule has 0 atom stereocenters. The van der Waals surface area contributed by atoms with Gasteiger partial charge in [0.05, 0.1) is 5.69 Å². The minimum Gasteiger partial charge on any atom is -0.378 e. The first kappa shape index (κ1) is 14.1. The summed E-state index contributed by atoms with van der Waals surface area (Å²) in [7, 11) is 4.11. The molecule has 0 spiro atoms. The fourth-order valence-corrected chi connectivity index (χ4v) is 3.36. The van der Waals surface area contributed by atoms with Gasteiger partial charge in [-0.15, -0.1) is 0 Å². The minimum absolute atomic E-state index is 1.07. The Hall–Kier alpha value is -1.81. The first-order chi connectivity index (χ1) is 10.2. The largest absolute Gasteiger partial charge is 0.378 e. The molecule has 0 amide bonds. The van der Waals surface area contributed by atoms with Crippen LogP contribution < -0.4 is 10.2 Å². The first-order valence-electron chi connectivity index (χ1n) is 7.41. The third-order valence-corrected chi connectivity index (χ3v) is 4.69. The Morgan fingerprint density at radius 2 is 1.95 bits per heavy atom. The summed E-state index contributed by atoms with van der Waals surface area (Å²) in [5.74, 6) is 0. The van der Waals surface area contributed by atoms with E-state index in [4.69, 9.17) is 4.98 Å². The molecular formula is C17H21N3S. The molecule has 110 valence electrons. The second-order valence-electron chi connectivity index (χ2n) is 5.53. The summed E-state index contributed by atoms with van der Waals surface area (Å²) >= 11 is 1.76. The average molecular weight is 299 g/mol. The van der Waals surface area contributed by atoms with E-state index in [-0.39, 0.29) is 0 Å². The normalized spacial score (nSPS) is 14.6. The molecule has 0 aliphatic carbocycles. The fourth-order valence-electron chi connectivity index (χ4n) is 2.42. The van der Waals surface area contributed by atoms with Crippen molar-refractivity contribution in [1.29, 1.82) is 0 Å². The zero-order valence-electron chi connectivity index (χ0n) is 12.6. The summed E-state index contributed by atoms with van der Waals surface area (Å²) in [6, 6.07) is 8.56. The Morgan fingerprint density at radius 3 is 2.71 bits per heavy atom. The molecule has 1 aromatic heterocycles. The van der Waals surface area contributed by atoms with Crippen molar-refractivity contribution in [2.24, 2.45) is 0 Å². The molecule has 3 nitrogen and oxygen atoms in total. The summed E-state index contributed by atoms with van der Waals surface area (Å²) in [4.78, 5) is 6.84. The van der Waals surface area contributed by atoms with Gasteiger partial charge in [-0.2, -0.15) is 0 Å². The van der Waals surface area contributed by atoms with Crippen molar-refractivity contribution in [3.63, 3.8) is 0 Å². The maximum atomic E-state index is 4.73. The van der Waals surface area contributed by atoms with Crippen LogP contribution in [0.5, 0.6) is 0 Å². The number of rotatable bonds is 3. The van der Waals surface area contributed by atoms with Crippen LogP contribution in [0, 0.1) is 0 Å². The predicted molar refractivity (Wildman–Crippen MR) is 93.2 cm³/mol. The lowest BCUT2D eigenvalue weighted by atomic mass is 10.2. The molecule has 1 N–H and O–H groups in total. The molecule has 0 saturated heterocycles. The Labute approximate surface area is 130 Å². The van der Waals surface area contributed by atoms with Crippen LogP contribution >= 0.6 is 11.3 Å². The van der Waals surface area contributed by atoms with Gasteiger partial charge in [0.25, 0.3) is 0 Å². The lowest BCUT2D eigenvalue weighted by Crippen LogP contribution is -2.07. The minimum atomic E-state index is 1.07. The quantitative estimate of drug-likeness (QED) is 0.923. The van der Waals surface area contributed by atoms with Crippen LogP contribution in [0.4, 0.5) is 10.7 Å². The third-order valence-electron chi connectivity index (χ3n) is 3.67. The number of nitrogens with zero attached hydrogens (tertiary/aromatic N) is 2. The van der Waals surface area contributed by atoms with E-state index >= 15 is 0 Å². The highest BCUT2D eigenvalue weighted by Gasteiger charge is 2.12. The first-order valence-corrected chi connectivity index (χ1v) is 8.23. The molecule has 1 aliphatic rings. The zero-order valence-corrected chi connectivity index (χ0v) is 13.4. The maximum Gasteiger partial charge on any atom is 0.118 e. The van der Waals surface area contributed by atoms with Crippen LogP contribution in [0.25, 0.3) is 12.2 Å². The highest BCUT2D eigenvalue weighted by molar-refractivity contribution is 7.16. The van der Waals surface area contributed by atoms with Crippen molar-refractivity contribution in [2.75, 3.05) is 30.9 Å². The lowest BCUT2D eigenvalue weighted by Gasteiger charge is -2.11. The third kappa shape index (κ3) is 3.45. The summed E-state index contributed by atoms with van der Waals surface area (Å²) in [6.45, 7) is 1.07. The second kappa shape index (κ2) is 6.31. The maximum absolute atomic E-state index is 4.73. The fraction of sp³-hybridized carbons (Fsp3) is 0.353. The van der Waals surface area contributed by atoms with Crippen LogP contribution in [-0.4, -0.2) is 25.6 Å². The molecule has 2 aromatic rings. The molecular weight excluding hydrogens is 278 g/mol. The summed E-state index contributed by atoms with van der Waals surface area (Å²) in [5, 5.41) is 5.83. The van der Waals surface area contributed by atoms with Gasteiger partial charge < -0.3 is 10.2 Å². The molecule has 3 rings (SSSR count). The number of nitrogens with one attached hydrogen (secondary N) is 1. The van der Waals surface area contributed by atoms with Crippen LogP contribution in [0.15, 0.2) is 24.3 Å². The van der Waals surface area contributed by atoms with Crippen LogP contribution in [0.1, 0.15) is 29.1 Å². The average Bonchev–Trinajstić information content (AvgIpc) is 2.75. The molecule has 0 bridgehead atoms. The van der Waals surface area contributed by atoms with Gasteiger partial charge in [0, 0.05) is 26.3 Å². The number of benzene rings is 1. The van der Waals surface area contributed by atoms with E-state index in [1.54, 1.807) is 11.3 Å². The Morgan fingerprint density at radius 1 is 1.14 bits per heavy atom. The van der Waals surface area contributed by atoms with Gasteiger partial charge >= 0.3 is 0 Å². The van der Waals surface area contributed by atoms with Crippen LogP contribution in [0.2, 0.25) is 0 Å². The van der Waals surface area contributed by atoms with Gasteiger partial charge in [-0.25, -0.2) is 4.98 Å². The summed E-state index contributed by atoms with van der Waals surface area (Å²) in [5.41, 5.74) is 3.66. The molecule has 2 heterocycles. The van der Waals surface area contributed by atoms with Crippen molar-refractivity contribution in [2.45, 2.75) is 19.3 Å². The molecule has 1 aromatic carbocycles. The van der Waals surface area contributed by atoms with Gasteiger partial charge in [0.1, 0.15) is 10.0 Å². The highest BCUT2D eigenvalue weighted by Crippen LogP contribution is 2.29. The molecule has 4 heteroatoms. The number of thiazole rings is 1. The Bertz CT molecular complexity index is 602. The van der Waals surface area contributed by atoms with Crippen molar-refractivity contribution in [3.8, 4) is 0 Å². The van der Waals surface area contributed by atoms with Gasteiger partial charge in [-0.1, -0.05) is 29.5 Å². The SMILES string of the molecule is CN(C)c1ccc(C=Cc2nc3c(s2)NCCCC3)cc1. The molecule has 21 heavy (non-hydrogen) atoms. The van der Waals surface area contributed by atoms with E-state index in [1.807, 2.05) is 0 Å². The molecule has 0 unspecified atom stereocenters. The second-order valence-corrected chi connectivity index (χ2v) is 6.56. The zero-order chi connectivity index (χ0) is 14.7. The highest BCUT2D eigenvalue weighted by atomic mass is 32.1. The van der Waals surface area contributed by atoms with E-state index in [0.29, 0.717) is 0 Å².